The Morgan fingerprint density at radius 2 is 2.08 bits per heavy atom. The second-order valence-electron chi connectivity index (χ2n) is 4.07. The van der Waals surface area contributed by atoms with Crippen molar-refractivity contribution in [1.82, 2.24) is 4.98 Å². The van der Waals surface area contributed by atoms with Gasteiger partial charge in [0.2, 0.25) is 5.89 Å². The second kappa shape index (κ2) is 2.77. The molecule has 0 aliphatic heterocycles. The Kier molecular flexibility index (Phi) is 2.09. The van der Waals surface area contributed by atoms with E-state index >= 15 is 0 Å². The highest BCUT2D eigenvalue weighted by Crippen LogP contribution is 2.22. The lowest BCUT2D eigenvalue weighted by Crippen LogP contribution is -2.11. The topological polar surface area (TPSA) is 26.0 Å². The molecule has 1 aromatic rings. The molecule has 66 valence electrons. The molecule has 0 amide bonds. The molecule has 0 radical (unpaired) electrons. The van der Waals surface area contributed by atoms with E-state index in [0.29, 0.717) is 5.89 Å². The van der Waals surface area contributed by atoms with Gasteiger partial charge in [0.05, 0.1) is 5.69 Å². The Bertz CT molecular complexity index is 291. The minimum absolute atomic E-state index is 0.0528. The Morgan fingerprint density at radius 3 is 2.33 bits per heavy atom. The molecular formula is C10H15NO. The first-order chi connectivity index (χ1) is 5.41. The van der Waals surface area contributed by atoms with Crippen LogP contribution in [0.5, 0.6) is 0 Å². The van der Waals surface area contributed by atoms with Crippen LogP contribution >= 0.6 is 0 Å². The van der Waals surface area contributed by atoms with Gasteiger partial charge in [-0.1, -0.05) is 27.4 Å². The van der Waals surface area contributed by atoms with Crippen molar-refractivity contribution >= 4 is 5.57 Å². The quantitative estimate of drug-likeness (QED) is 0.639. The van der Waals surface area contributed by atoms with Crippen molar-refractivity contribution in [3.05, 3.63) is 24.4 Å². The molecule has 0 N–H and O–H groups in total. The maximum absolute atomic E-state index is 5.24. The van der Waals surface area contributed by atoms with E-state index in [4.69, 9.17) is 4.42 Å². The summed E-state index contributed by atoms with van der Waals surface area (Å²) >= 11 is 0. The molecule has 0 unspecified atom stereocenters. The smallest absolute Gasteiger partial charge is 0.221 e. The number of rotatable bonds is 1. The van der Waals surface area contributed by atoms with Crippen LogP contribution in [0.25, 0.3) is 5.57 Å². The van der Waals surface area contributed by atoms with Crippen molar-refractivity contribution in [3.8, 4) is 0 Å². The predicted molar refractivity (Wildman–Crippen MR) is 49.9 cm³/mol. The molecule has 0 aliphatic rings. The second-order valence-corrected chi connectivity index (χ2v) is 4.07. The largest absolute Gasteiger partial charge is 0.445 e. The number of nitrogens with zero attached hydrogens (tertiary/aromatic N) is 1. The minimum Gasteiger partial charge on any atom is -0.445 e. The first kappa shape index (κ1) is 9.04. The van der Waals surface area contributed by atoms with Gasteiger partial charge in [-0.25, -0.2) is 4.98 Å². The standard InChI is InChI=1S/C10H15NO/c1-7(2)9-11-8(6-12-9)10(3,4)5/h6H,1H2,2-5H3. The van der Waals surface area contributed by atoms with Gasteiger partial charge >= 0.3 is 0 Å². The predicted octanol–water partition coefficient (Wildman–Crippen LogP) is 3.01. The molecule has 1 heterocycles. The molecule has 0 atom stereocenters. The van der Waals surface area contributed by atoms with Gasteiger partial charge in [0, 0.05) is 11.0 Å². The van der Waals surface area contributed by atoms with Crippen molar-refractivity contribution in [3.63, 3.8) is 0 Å². The Hall–Kier alpha value is -1.05. The Balaban J connectivity index is 3.00. The summed E-state index contributed by atoms with van der Waals surface area (Å²) in [5.41, 5.74) is 1.89. The van der Waals surface area contributed by atoms with Gasteiger partial charge in [0.25, 0.3) is 0 Å². The van der Waals surface area contributed by atoms with Crippen molar-refractivity contribution in [2.24, 2.45) is 0 Å². The van der Waals surface area contributed by atoms with E-state index in [1.807, 2.05) is 6.92 Å². The number of oxazole rings is 1. The summed E-state index contributed by atoms with van der Waals surface area (Å²) in [5, 5.41) is 0. The van der Waals surface area contributed by atoms with Crippen LogP contribution < -0.4 is 0 Å². The summed E-state index contributed by atoms with van der Waals surface area (Å²) in [6, 6.07) is 0. The lowest BCUT2D eigenvalue weighted by molar-refractivity contribution is 0.528. The fraction of sp³-hybridized carbons (Fsp3) is 0.500. The molecular weight excluding hydrogens is 150 g/mol. The Morgan fingerprint density at radius 1 is 1.50 bits per heavy atom. The first-order valence-electron chi connectivity index (χ1n) is 4.03. The van der Waals surface area contributed by atoms with E-state index in [1.54, 1.807) is 6.26 Å². The fourth-order valence-corrected chi connectivity index (χ4v) is 0.814. The molecule has 2 nitrogen and oxygen atoms in total. The maximum atomic E-state index is 5.24. The van der Waals surface area contributed by atoms with Gasteiger partial charge in [-0.05, 0) is 6.92 Å². The summed E-state index contributed by atoms with van der Waals surface area (Å²) < 4.78 is 5.24. The molecule has 12 heavy (non-hydrogen) atoms. The van der Waals surface area contributed by atoms with E-state index in [9.17, 15) is 0 Å². The molecule has 0 aromatic carbocycles. The van der Waals surface area contributed by atoms with E-state index in [1.165, 1.54) is 0 Å². The lowest BCUT2D eigenvalue weighted by Gasteiger charge is -2.12. The maximum Gasteiger partial charge on any atom is 0.221 e. The molecule has 0 saturated heterocycles. The highest BCUT2D eigenvalue weighted by molar-refractivity contribution is 5.52. The summed E-state index contributed by atoms with van der Waals surface area (Å²) in [5.74, 6) is 0.639. The molecule has 0 spiro atoms. The zero-order chi connectivity index (χ0) is 9.35. The summed E-state index contributed by atoms with van der Waals surface area (Å²) in [4.78, 5) is 4.31. The van der Waals surface area contributed by atoms with Gasteiger partial charge in [-0.3, -0.25) is 0 Å². The number of allylic oxidation sites excluding steroid dienone is 1. The van der Waals surface area contributed by atoms with Crippen molar-refractivity contribution < 1.29 is 4.42 Å². The molecule has 1 rings (SSSR count). The highest BCUT2D eigenvalue weighted by atomic mass is 16.3. The average Bonchev–Trinajstić information content (AvgIpc) is 2.30. The monoisotopic (exact) mass is 165 g/mol. The third kappa shape index (κ3) is 1.76. The molecule has 1 aromatic heterocycles. The molecule has 0 fully saturated rings. The van der Waals surface area contributed by atoms with Crippen molar-refractivity contribution in [2.45, 2.75) is 33.1 Å². The van der Waals surface area contributed by atoms with Gasteiger partial charge in [0.1, 0.15) is 6.26 Å². The first-order valence-corrected chi connectivity index (χ1v) is 4.03. The van der Waals surface area contributed by atoms with Gasteiger partial charge in [-0.15, -0.1) is 0 Å². The van der Waals surface area contributed by atoms with Crippen LogP contribution in [-0.2, 0) is 5.41 Å². The van der Waals surface area contributed by atoms with Gasteiger partial charge in [0.15, 0.2) is 0 Å². The molecule has 0 aliphatic carbocycles. The van der Waals surface area contributed by atoms with Crippen molar-refractivity contribution in [2.75, 3.05) is 0 Å². The lowest BCUT2D eigenvalue weighted by atomic mass is 9.93. The third-order valence-corrected chi connectivity index (χ3v) is 1.64. The van der Waals surface area contributed by atoms with Crippen LogP contribution in [0.2, 0.25) is 0 Å². The summed E-state index contributed by atoms with van der Waals surface area (Å²) in [7, 11) is 0. The van der Waals surface area contributed by atoms with E-state index < -0.39 is 0 Å². The number of hydrogen-bond acceptors (Lipinski definition) is 2. The van der Waals surface area contributed by atoms with Crippen LogP contribution in [0.15, 0.2) is 17.3 Å². The molecule has 0 saturated carbocycles. The highest BCUT2D eigenvalue weighted by Gasteiger charge is 2.18. The van der Waals surface area contributed by atoms with Crippen LogP contribution in [0, 0.1) is 0 Å². The zero-order valence-electron chi connectivity index (χ0n) is 8.14. The number of hydrogen-bond donors (Lipinski definition) is 0. The Labute approximate surface area is 73.3 Å². The molecule has 2 heteroatoms. The van der Waals surface area contributed by atoms with E-state index in [0.717, 1.165) is 11.3 Å². The third-order valence-electron chi connectivity index (χ3n) is 1.64. The average molecular weight is 165 g/mol. The summed E-state index contributed by atoms with van der Waals surface area (Å²) in [6.45, 7) is 12.0. The SMILES string of the molecule is C=C(C)c1nc(C(C)(C)C)co1. The molecule has 0 bridgehead atoms. The van der Waals surface area contributed by atoms with Crippen LogP contribution in [-0.4, -0.2) is 4.98 Å². The van der Waals surface area contributed by atoms with E-state index in [2.05, 4.69) is 32.3 Å². The zero-order valence-corrected chi connectivity index (χ0v) is 8.14. The van der Waals surface area contributed by atoms with Gasteiger partial charge < -0.3 is 4.42 Å². The summed E-state index contributed by atoms with van der Waals surface area (Å²) in [6.07, 6.45) is 1.70. The normalized spacial score (nSPS) is 11.7. The fourth-order valence-electron chi connectivity index (χ4n) is 0.814. The van der Waals surface area contributed by atoms with E-state index in [-0.39, 0.29) is 5.41 Å². The van der Waals surface area contributed by atoms with Crippen LogP contribution in [0.1, 0.15) is 39.3 Å². The van der Waals surface area contributed by atoms with Crippen LogP contribution in [0.4, 0.5) is 0 Å². The number of aromatic nitrogens is 1. The van der Waals surface area contributed by atoms with Crippen molar-refractivity contribution in [1.29, 1.82) is 0 Å². The van der Waals surface area contributed by atoms with Gasteiger partial charge in [-0.2, -0.15) is 0 Å². The van der Waals surface area contributed by atoms with Crippen LogP contribution in [0.3, 0.4) is 0 Å². The minimum atomic E-state index is 0.0528.